The van der Waals surface area contributed by atoms with Gasteiger partial charge in [0.1, 0.15) is 11.5 Å². The highest BCUT2D eigenvalue weighted by molar-refractivity contribution is 5.46. The van der Waals surface area contributed by atoms with Gasteiger partial charge in [-0.15, -0.1) is 0 Å². The molecule has 0 bridgehead atoms. The number of nitrogens with zero attached hydrogens (tertiary/aromatic N) is 4. The number of rotatable bonds is 4. The van der Waals surface area contributed by atoms with Crippen molar-refractivity contribution in [3.05, 3.63) is 24.0 Å². The minimum atomic E-state index is -0.369. The van der Waals surface area contributed by atoms with Crippen LogP contribution in [0.15, 0.2) is 16.8 Å². The lowest BCUT2D eigenvalue weighted by molar-refractivity contribution is 0.180. The molecule has 1 atom stereocenters. The van der Waals surface area contributed by atoms with E-state index in [4.69, 9.17) is 9.63 Å². The molecule has 0 fully saturated rings. The summed E-state index contributed by atoms with van der Waals surface area (Å²) in [5, 5.41) is 13.0. The van der Waals surface area contributed by atoms with E-state index in [-0.39, 0.29) is 6.10 Å². The Kier molecular flexibility index (Phi) is 3.43. The van der Waals surface area contributed by atoms with Gasteiger partial charge in [-0.1, -0.05) is 5.16 Å². The Bertz CT molecular complexity index is 496. The van der Waals surface area contributed by atoms with Crippen LogP contribution in [-0.4, -0.2) is 31.3 Å². The van der Waals surface area contributed by atoms with Gasteiger partial charge < -0.3 is 9.63 Å². The van der Waals surface area contributed by atoms with Gasteiger partial charge in [0.15, 0.2) is 0 Å². The maximum Gasteiger partial charge on any atom is 0.227 e. The van der Waals surface area contributed by atoms with E-state index < -0.39 is 0 Å². The van der Waals surface area contributed by atoms with Crippen LogP contribution in [0.25, 0.3) is 11.5 Å². The first-order valence-electron chi connectivity index (χ1n) is 5.46. The molecule has 0 amide bonds. The zero-order valence-electron chi connectivity index (χ0n) is 9.79. The van der Waals surface area contributed by atoms with Crippen LogP contribution < -0.4 is 0 Å². The molecular weight excluding hydrogens is 220 g/mol. The van der Waals surface area contributed by atoms with Crippen LogP contribution in [0.5, 0.6) is 0 Å². The predicted octanol–water partition coefficient (Wildman–Crippen LogP) is 1.15. The van der Waals surface area contributed by atoms with E-state index in [1.165, 1.54) is 0 Å². The molecule has 1 unspecified atom stereocenters. The van der Waals surface area contributed by atoms with E-state index in [1.54, 1.807) is 26.1 Å². The monoisotopic (exact) mass is 234 g/mol. The first kappa shape index (κ1) is 11.7. The molecule has 2 aromatic rings. The maximum absolute atomic E-state index is 9.16. The summed E-state index contributed by atoms with van der Waals surface area (Å²) < 4.78 is 5.08. The molecule has 0 saturated heterocycles. The SMILES string of the molecule is Cc1nccc(-c2noc(CCC(C)O)n2)n1. The van der Waals surface area contributed by atoms with Gasteiger partial charge in [-0.2, -0.15) is 4.98 Å². The lowest BCUT2D eigenvalue weighted by Gasteiger charge is -1.98. The summed E-state index contributed by atoms with van der Waals surface area (Å²) in [6.45, 7) is 3.53. The van der Waals surface area contributed by atoms with Gasteiger partial charge in [-0.05, 0) is 26.3 Å². The number of aryl methyl sites for hydroxylation is 2. The van der Waals surface area contributed by atoms with Gasteiger partial charge in [-0.3, -0.25) is 0 Å². The minimum Gasteiger partial charge on any atom is -0.393 e. The van der Waals surface area contributed by atoms with Crippen molar-refractivity contribution in [1.29, 1.82) is 0 Å². The molecule has 2 aromatic heterocycles. The predicted molar refractivity (Wildman–Crippen MR) is 60.1 cm³/mol. The smallest absolute Gasteiger partial charge is 0.227 e. The highest BCUT2D eigenvalue weighted by Crippen LogP contribution is 2.13. The molecule has 0 aromatic carbocycles. The van der Waals surface area contributed by atoms with E-state index in [0.717, 1.165) is 0 Å². The fourth-order valence-corrected chi connectivity index (χ4v) is 1.37. The summed E-state index contributed by atoms with van der Waals surface area (Å²) in [4.78, 5) is 12.4. The van der Waals surface area contributed by atoms with E-state index in [1.807, 2.05) is 0 Å². The van der Waals surface area contributed by atoms with Gasteiger partial charge in [0.25, 0.3) is 0 Å². The molecule has 0 spiro atoms. The molecule has 1 N–H and O–H groups in total. The second kappa shape index (κ2) is 5.01. The third-order valence-electron chi connectivity index (χ3n) is 2.25. The third-order valence-corrected chi connectivity index (χ3v) is 2.25. The minimum absolute atomic E-state index is 0.369. The molecule has 0 aliphatic rings. The first-order valence-corrected chi connectivity index (χ1v) is 5.46. The second-order valence-electron chi connectivity index (χ2n) is 3.89. The van der Waals surface area contributed by atoms with Gasteiger partial charge in [0.05, 0.1) is 6.10 Å². The largest absolute Gasteiger partial charge is 0.393 e. The summed E-state index contributed by atoms with van der Waals surface area (Å²) in [6, 6.07) is 1.73. The summed E-state index contributed by atoms with van der Waals surface area (Å²) in [6.07, 6.45) is 2.45. The standard InChI is InChI=1S/C11H14N4O2/c1-7(16)3-4-10-14-11(15-17-10)9-5-6-12-8(2)13-9/h5-7,16H,3-4H2,1-2H3. The maximum atomic E-state index is 9.16. The number of hydrogen-bond donors (Lipinski definition) is 1. The van der Waals surface area contributed by atoms with Crippen molar-refractivity contribution in [1.82, 2.24) is 20.1 Å². The van der Waals surface area contributed by atoms with Crippen LogP contribution in [0, 0.1) is 6.92 Å². The Hall–Kier alpha value is -1.82. The molecular formula is C11H14N4O2. The first-order chi connectivity index (χ1) is 8.15. The third kappa shape index (κ3) is 3.07. The second-order valence-corrected chi connectivity index (χ2v) is 3.89. The molecule has 6 heteroatoms. The Labute approximate surface area is 98.7 Å². The lowest BCUT2D eigenvalue weighted by Crippen LogP contribution is -2.01. The lowest BCUT2D eigenvalue weighted by atomic mass is 10.2. The molecule has 90 valence electrons. The normalized spacial score (nSPS) is 12.6. The Morgan fingerprint density at radius 1 is 1.41 bits per heavy atom. The molecule has 0 radical (unpaired) electrons. The van der Waals surface area contributed by atoms with Crippen molar-refractivity contribution in [3.8, 4) is 11.5 Å². The van der Waals surface area contributed by atoms with Gasteiger partial charge in [0.2, 0.25) is 11.7 Å². The quantitative estimate of drug-likeness (QED) is 0.854. The fourth-order valence-electron chi connectivity index (χ4n) is 1.37. The van der Waals surface area contributed by atoms with Crippen LogP contribution in [0.2, 0.25) is 0 Å². The van der Waals surface area contributed by atoms with Crippen LogP contribution in [-0.2, 0) is 6.42 Å². The van der Waals surface area contributed by atoms with Crippen molar-refractivity contribution in [2.45, 2.75) is 32.8 Å². The highest BCUT2D eigenvalue weighted by Gasteiger charge is 2.10. The van der Waals surface area contributed by atoms with Crippen LogP contribution in [0.3, 0.4) is 0 Å². The van der Waals surface area contributed by atoms with Crippen molar-refractivity contribution in [2.75, 3.05) is 0 Å². The van der Waals surface area contributed by atoms with Crippen molar-refractivity contribution >= 4 is 0 Å². The van der Waals surface area contributed by atoms with Gasteiger partial charge in [-0.25, -0.2) is 9.97 Å². The molecule has 0 saturated carbocycles. The Balaban J connectivity index is 2.12. The number of hydrogen-bond acceptors (Lipinski definition) is 6. The Morgan fingerprint density at radius 3 is 2.94 bits per heavy atom. The average molecular weight is 234 g/mol. The molecule has 2 heterocycles. The topological polar surface area (TPSA) is 84.9 Å². The van der Waals surface area contributed by atoms with Crippen molar-refractivity contribution in [3.63, 3.8) is 0 Å². The van der Waals surface area contributed by atoms with E-state index >= 15 is 0 Å². The molecule has 2 rings (SSSR count). The highest BCUT2D eigenvalue weighted by atomic mass is 16.5. The summed E-state index contributed by atoms with van der Waals surface area (Å²) in [5.41, 5.74) is 0.643. The molecule has 0 aliphatic carbocycles. The summed E-state index contributed by atoms with van der Waals surface area (Å²) >= 11 is 0. The van der Waals surface area contributed by atoms with E-state index in [0.29, 0.717) is 36.1 Å². The van der Waals surface area contributed by atoms with E-state index in [9.17, 15) is 0 Å². The fraction of sp³-hybridized carbons (Fsp3) is 0.455. The summed E-state index contributed by atoms with van der Waals surface area (Å²) in [5.74, 6) is 1.63. The number of aliphatic hydroxyl groups excluding tert-OH is 1. The Morgan fingerprint density at radius 2 is 2.24 bits per heavy atom. The average Bonchev–Trinajstić information content (AvgIpc) is 2.75. The molecule has 17 heavy (non-hydrogen) atoms. The zero-order chi connectivity index (χ0) is 12.3. The molecule has 0 aliphatic heterocycles. The summed E-state index contributed by atoms with van der Waals surface area (Å²) in [7, 11) is 0. The van der Waals surface area contributed by atoms with Crippen LogP contribution >= 0.6 is 0 Å². The van der Waals surface area contributed by atoms with Crippen molar-refractivity contribution < 1.29 is 9.63 Å². The number of aromatic nitrogens is 4. The van der Waals surface area contributed by atoms with Crippen LogP contribution in [0.1, 0.15) is 25.1 Å². The zero-order valence-corrected chi connectivity index (χ0v) is 9.79. The van der Waals surface area contributed by atoms with Gasteiger partial charge >= 0.3 is 0 Å². The van der Waals surface area contributed by atoms with Crippen LogP contribution in [0.4, 0.5) is 0 Å². The van der Waals surface area contributed by atoms with E-state index in [2.05, 4.69) is 20.1 Å². The number of aliphatic hydroxyl groups is 1. The molecule has 6 nitrogen and oxygen atoms in total. The van der Waals surface area contributed by atoms with Gasteiger partial charge in [0, 0.05) is 12.6 Å². The van der Waals surface area contributed by atoms with Crippen molar-refractivity contribution in [2.24, 2.45) is 0 Å².